The average molecular weight is 432 g/mol. The number of hydrogen-bond acceptors (Lipinski definition) is 5. The van der Waals surface area contributed by atoms with Crippen molar-refractivity contribution in [2.45, 2.75) is 63.7 Å². The Morgan fingerprint density at radius 2 is 1.87 bits per heavy atom. The van der Waals surface area contributed by atoms with Crippen LogP contribution in [-0.4, -0.2) is 60.1 Å². The van der Waals surface area contributed by atoms with E-state index in [9.17, 15) is 18.8 Å². The highest BCUT2D eigenvalue weighted by molar-refractivity contribution is 6.10. The number of nitrogens with one attached hydrogen (secondary N) is 2. The minimum atomic E-state index is -0.865. The number of ether oxygens (including phenoxy) is 1. The second-order valence-electron chi connectivity index (χ2n) is 8.84. The maximum absolute atomic E-state index is 14.7. The van der Waals surface area contributed by atoms with Gasteiger partial charge in [-0.3, -0.25) is 14.5 Å². The predicted molar refractivity (Wildman–Crippen MR) is 113 cm³/mol. The number of anilines is 2. The van der Waals surface area contributed by atoms with Crippen LogP contribution >= 0.6 is 0 Å². The topological polar surface area (TPSA) is 91.0 Å². The van der Waals surface area contributed by atoms with Gasteiger partial charge in [0.05, 0.1) is 17.9 Å². The Hall–Kier alpha value is -2.68. The van der Waals surface area contributed by atoms with Crippen molar-refractivity contribution in [1.29, 1.82) is 0 Å². The third kappa shape index (κ3) is 4.37. The maximum Gasteiger partial charge on any atom is 0.325 e. The molecule has 31 heavy (non-hydrogen) atoms. The molecule has 4 rings (SSSR count). The molecule has 3 aliphatic rings. The fraction of sp³-hybridized carbons (Fsp3) is 0.591. The van der Waals surface area contributed by atoms with Gasteiger partial charge in [-0.05, 0) is 44.9 Å². The van der Waals surface area contributed by atoms with Gasteiger partial charge in [0.15, 0.2) is 0 Å². The lowest BCUT2D eigenvalue weighted by Crippen LogP contribution is -2.48. The first-order chi connectivity index (χ1) is 14.8. The molecule has 4 amide bonds. The third-order valence-corrected chi connectivity index (χ3v) is 6.25. The number of morpholine rings is 1. The molecule has 2 atom stereocenters. The fourth-order valence-corrected chi connectivity index (χ4v) is 4.87. The van der Waals surface area contributed by atoms with Gasteiger partial charge >= 0.3 is 6.03 Å². The molecule has 1 spiro atoms. The highest BCUT2D eigenvalue weighted by Crippen LogP contribution is 2.33. The van der Waals surface area contributed by atoms with Crippen LogP contribution in [0.2, 0.25) is 0 Å². The number of urea groups is 1. The normalized spacial score (nSPS) is 25.6. The van der Waals surface area contributed by atoms with Gasteiger partial charge in [-0.2, -0.15) is 0 Å². The van der Waals surface area contributed by atoms with Gasteiger partial charge in [0.25, 0.3) is 5.91 Å². The second kappa shape index (κ2) is 8.45. The molecule has 1 saturated carbocycles. The van der Waals surface area contributed by atoms with Crippen LogP contribution in [0.1, 0.15) is 46.0 Å². The van der Waals surface area contributed by atoms with Crippen molar-refractivity contribution >= 4 is 29.2 Å². The van der Waals surface area contributed by atoms with E-state index in [1.807, 2.05) is 18.7 Å². The summed E-state index contributed by atoms with van der Waals surface area (Å²) in [6.07, 6.45) is 3.98. The van der Waals surface area contributed by atoms with Gasteiger partial charge in [0, 0.05) is 18.8 Å². The highest BCUT2D eigenvalue weighted by atomic mass is 19.1. The zero-order valence-corrected chi connectivity index (χ0v) is 17.9. The summed E-state index contributed by atoms with van der Waals surface area (Å²) < 4.78 is 20.4. The molecule has 8 nitrogen and oxygen atoms in total. The lowest BCUT2D eigenvalue weighted by atomic mass is 9.82. The molecule has 168 valence electrons. The van der Waals surface area contributed by atoms with Crippen molar-refractivity contribution in [3.63, 3.8) is 0 Å². The number of carbonyl (C=O) groups excluding carboxylic acids is 3. The van der Waals surface area contributed by atoms with E-state index in [-0.39, 0.29) is 23.8 Å². The lowest BCUT2D eigenvalue weighted by molar-refractivity contribution is -0.134. The van der Waals surface area contributed by atoms with Crippen LogP contribution < -0.4 is 15.5 Å². The number of amides is 4. The maximum atomic E-state index is 14.7. The van der Waals surface area contributed by atoms with Crippen molar-refractivity contribution in [2.75, 3.05) is 29.9 Å². The summed E-state index contributed by atoms with van der Waals surface area (Å²) in [7, 11) is 0. The van der Waals surface area contributed by atoms with E-state index in [4.69, 9.17) is 4.74 Å². The Bertz CT molecular complexity index is 876. The molecule has 3 fully saturated rings. The molecule has 1 aromatic rings. The number of imide groups is 1. The molecule has 2 heterocycles. The Balaban J connectivity index is 1.39. The van der Waals surface area contributed by atoms with Gasteiger partial charge in [-0.25, -0.2) is 9.18 Å². The average Bonchev–Trinajstić information content (AvgIpc) is 2.92. The molecular weight excluding hydrogens is 403 g/mol. The first kappa shape index (κ1) is 21.5. The minimum absolute atomic E-state index is 0.000804. The summed E-state index contributed by atoms with van der Waals surface area (Å²) in [5.74, 6) is -1.34. The lowest BCUT2D eigenvalue weighted by Gasteiger charge is -2.37. The van der Waals surface area contributed by atoms with Crippen LogP contribution in [0.5, 0.6) is 0 Å². The first-order valence-electron chi connectivity index (χ1n) is 10.9. The number of carbonyl (C=O) groups is 3. The predicted octanol–water partition coefficient (Wildman–Crippen LogP) is 2.63. The molecule has 1 aromatic carbocycles. The summed E-state index contributed by atoms with van der Waals surface area (Å²) in [6.45, 7) is 4.67. The number of nitrogens with zero attached hydrogens (tertiary/aromatic N) is 2. The molecule has 1 aliphatic carbocycles. The smallest absolute Gasteiger partial charge is 0.325 e. The molecular formula is C22H29FN4O4. The summed E-state index contributed by atoms with van der Waals surface area (Å²) >= 11 is 0. The molecule has 2 unspecified atom stereocenters. The van der Waals surface area contributed by atoms with E-state index >= 15 is 0 Å². The molecule has 9 heteroatoms. The Morgan fingerprint density at radius 3 is 2.52 bits per heavy atom. The molecule has 2 N–H and O–H groups in total. The molecule has 2 aliphatic heterocycles. The monoisotopic (exact) mass is 432 g/mol. The van der Waals surface area contributed by atoms with Gasteiger partial charge < -0.3 is 20.3 Å². The Labute approximate surface area is 181 Å². The van der Waals surface area contributed by atoms with Crippen molar-refractivity contribution in [3.8, 4) is 0 Å². The summed E-state index contributed by atoms with van der Waals surface area (Å²) in [4.78, 5) is 40.5. The number of rotatable bonds is 4. The van der Waals surface area contributed by atoms with Crippen LogP contribution in [0.3, 0.4) is 0 Å². The van der Waals surface area contributed by atoms with Crippen LogP contribution in [-0.2, 0) is 14.3 Å². The molecule has 2 saturated heterocycles. The van der Waals surface area contributed by atoms with E-state index < -0.39 is 29.8 Å². The molecule has 0 aromatic heterocycles. The van der Waals surface area contributed by atoms with E-state index in [1.165, 1.54) is 6.07 Å². The fourth-order valence-electron chi connectivity index (χ4n) is 4.87. The summed E-state index contributed by atoms with van der Waals surface area (Å²) in [5, 5.41) is 5.37. The van der Waals surface area contributed by atoms with Crippen LogP contribution in [0.4, 0.5) is 20.6 Å². The third-order valence-electron chi connectivity index (χ3n) is 6.25. The second-order valence-corrected chi connectivity index (χ2v) is 8.84. The number of halogens is 1. The van der Waals surface area contributed by atoms with E-state index in [0.717, 1.165) is 24.2 Å². The number of benzene rings is 1. The zero-order valence-electron chi connectivity index (χ0n) is 17.9. The van der Waals surface area contributed by atoms with E-state index in [0.29, 0.717) is 31.6 Å². The van der Waals surface area contributed by atoms with E-state index in [1.54, 1.807) is 12.1 Å². The van der Waals surface area contributed by atoms with Crippen LogP contribution in [0.15, 0.2) is 18.2 Å². The van der Waals surface area contributed by atoms with Crippen LogP contribution in [0.25, 0.3) is 0 Å². The SMILES string of the molecule is CC1CN(c2ccc(NC(=O)CN3C(=O)NC4(CCCCC4)C3=O)cc2F)CC(C)O1. The van der Waals surface area contributed by atoms with E-state index in [2.05, 4.69) is 10.6 Å². The van der Waals surface area contributed by atoms with Gasteiger partial charge in [-0.15, -0.1) is 0 Å². The Kier molecular flexibility index (Phi) is 5.88. The van der Waals surface area contributed by atoms with Crippen LogP contribution in [0, 0.1) is 5.82 Å². The van der Waals surface area contributed by atoms with Crippen molar-refractivity contribution < 1.29 is 23.5 Å². The molecule has 0 bridgehead atoms. The highest BCUT2D eigenvalue weighted by Gasteiger charge is 2.51. The largest absolute Gasteiger partial charge is 0.372 e. The summed E-state index contributed by atoms with van der Waals surface area (Å²) in [6, 6.07) is 3.96. The standard InChI is InChI=1S/C22H29FN4O4/c1-14-11-26(12-15(2)31-14)18-7-6-16(10-17(18)23)24-19(28)13-27-20(29)22(25-21(27)30)8-4-3-5-9-22/h6-7,10,14-15H,3-5,8-9,11-13H2,1-2H3,(H,24,28)(H,25,30). The molecule has 0 radical (unpaired) electrons. The number of hydrogen-bond donors (Lipinski definition) is 2. The Morgan fingerprint density at radius 1 is 1.19 bits per heavy atom. The summed E-state index contributed by atoms with van der Waals surface area (Å²) in [5.41, 5.74) is -0.135. The van der Waals surface area contributed by atoms with Gasteiger partial charge in [0.1, 0.15) is 17.9 Å². The van der Waals surface area contributed by atoms with Crippen molar-refractivity contribution in [1.82, 2.24) is 10.2 Å². The zero-order chi connectivity index (χ0) is 22.2. The van der Waals surface area contributed by atoms with Crippen molar-refractivity contribution in [2.24, 2.45) is 0 Å². The first-order valence-corrected chi connectivity index (χ1v) is 10.9. The quantitative estimate of drug-likeness (QED) is 0.714. The van der Waals surface area contributed by atoms with Gasteiger partial charge in [0.2, 0.25) is 5.91 Å². The minimum Gasteiger partial charge on any atom is -0.372 e. The van der Waals surface area contributed by atoms with Crippen molar-refractivity contribution in [3.05, 3.63) is 24.0 Å². The van der Waals surface area contributed by atoms with Gasteiger partial charge in [-0.1, -0.05) is 19.3 Å².